The predicted octanol–water partition coefficient (Wildman–Crippen LogP) is 4.01. The highest BCUT2D eigenvalue weighted by atomic mass is 19.4. The van der Waals surface area contributed by atoms with Crippen molar-refractivity contribution in [1.29, 1.82) is 0 Å². The van der Waals surface area contributed by atoms with Gasteiger partial charge in [-0.25, -0.2) is 0 Å². The number of aldehydes is 1. The monoisotopic (exact) mass is 281 g/mol. The van der Waals surface area contributed by atoms with Crippen LogP contribution in [0.25, 0.3) is 0 Å². The van der Waals surface area contributed by atoms with Gasteiger partial charge in [0.15, 0.2) is 0 Å². The number of aryl methyl sites for hydroxylation is 1. The van der Waals surface area contributed by atoms with Crippen molar-refractivity contribution in [2.45, 2.75) is 13.1 Å². The molecule has 0 saturated carbocycles. The fraction of sp³-hybridized carbons (Fsp3) is 0.143. The van der Waals surface area contributed by atoms with E-state index in [0.29, 0.717) is 12.0 Å². The first kappa shape index (κ1) is 14.0. The highest BCUT2D eigenvalue weighted by molar-refractivity contribution is 5.75. The molecular formula is C14H10F3NO2. The predicted molar refractivity (Wildman–Crippen MR) is 65.9 cm³/mol. The topological polar surface area (TPSA) is 39.2 Å². The number of aromatic nitrogens is 1. The molecule has 1 heterocycles. The van der Waals surface area contributed by atoms with E-state index in [1.165, 1.54) is 18.3 Å². The third kappa shape index (κ3) is 2.96. The standard InChI is InChI=1S/C14H10F3NO2/c1-9-12(3-2-6-18-9)20-13-5-4-10(8-19)7-11(13)14(15,16)17/h2-8H,1H3. The summed E-state index contributed by atoms with van der Waals surface area (Å²) in [7, 11) is 0. The molecule has 0 fully saturated rings. The van der Waals surface area contributed by atoms with Crippen LogP contribution in [0, 0.1) is 6.92 Å². The van der Waals surface area contributed by atoms with E-state index in [-0.39, 0.29) is 17.1 Å². The van der Waals surface area contributed by atoms with Gasteiger partial charge in [-0.1, -0.05) is 0 Å². The van der Waals surface area contributed by atoms with Gasteiger partial charge in [0.1, 0.15) is 17.8 Å². The zero-order valence-electron chi connectivity index (χ0n) is 10.4. The maximum atomic E-state index is 13.0. The SMILES string of the molecule is Cc1ncccc1Oc1ccc(C=O)cc1C(F)(F)F. The number of halogens is 3. The Kier molecular flexibility index (Phi) is 3.74. The van der Waals surface area contributed by atoms with E-state index in [9.17, 15) is 18.0 Å². The Hall–Kier alpha value is -2.37. The smallest absolute Gasteiger partial charge is 0.420 e. The molecule has 1 aromatic heterocycles. The molecule has 2 rings (SSSR count). The maximum Gasteiger partial charge on any atom is 0.420 e. The molecule has 0 saturated heterocycles. The summed E-state index contributed by atoms with van der Waals surface area (Å²) in [6.45, 7) is 1.63. The second kappa shape index (κ2) is 5.32. The molecule has 0 aliphatic rings. The number of nitrogens with zero attached hydrogens (tertiary/aromatic N) is 1. The van der Waals surface area contributed by atoms with Gasteiger partial charge in [-0.05, 0) is 37.3 Å². The van der Waals surface area contributed by atoms with Crippen molar-refractivity contribution in [3.63, 3.8) is 0 Å². The quantitative estimate of drug-likeness (QED) is 0.798. The Labute approximate surface area is 113 Å². The number of alkyl halides is 3. The first-order valence-corrected chi connectivity index (χ1v) is 5.67. The zero-order chi connectivity index (χ0) is 14.8. The van der Waals surface area contributed by atoms with E-state index in [0.717, 1.165) is 12.1 Å². The van der Waals surface area contributed by atoms with Crippen LogP contribution in [0.15, 0.2) is 36.5 Å². The zero-order valence-corrected chi connectivity index (χ0v) is 10.4. The molecule has 1 aromatic carbocycles. The van der Waals surface area contributed by atoms with Gasteiger partial charge >= 0.3 is 6.18 Å². The van der Waals surface area contributed by atoms with E-state index in [1.807, 2.05) is 0 Å². The van der Waals surface area contributed by atoms with Gasteiger partial charge in [0.25, 0.3) is 0 Å². The molecule has 0 bridgehead atoms. The Morgan fingerprint density at radius 2 is 1.95 bits per heavy atom. The van der Waals surface area contributed by atoms with Crippen LogP contribution in [0.1, 0.15) is 21.6 Å². The second-order valence-corrected chi connectivity index (χ2v) is 4.06. The molecule has 0 atom stereocenters. The van der Waals surface area contributed by atoms with Crippen molar-refractivity contribution in [2.24, 2.45) is 0 Å². The van der Waals surface area contributed by atoms with E-state index in [4.69, 9.17) is 4.74 Å². The fourth-order valence-corrected chi connectivity index (χ4v) is 1.63. The van der Waals surface area contributed by atoms with Crippen LogP contribution in [0.2, 0.25) is 0 Å². The van der Waals surface area contributed by atoms with Crippen LogP contribution in [0.4, 0.5) is 13.2 Å². The third-order valence-corrected chi connectivity index (χ3v) is 2.62. The average molecular weight is 281 g/mol. The Balaban J connectivity index is 2.46. The summed E-state index contributed by atoms with van der Waals surface area (Å²) in [6.07, 6.45) is -2.73. The molecule has 0 spiro atoms. The van der Waals surface area contributed by atoms with Gasteiger partial charge < -0.3 is 4.74 Å². The average Bonchev–Trinajstić information content (AvgIpc) is 2.40. The molecule has 20 heavy (non-hydrogen) atoms. The first-order chi connectivity index (χ1) is 9.41. The number of pyridine rings is 1. The van der Waals surface area contributed by atoms with Crippen molar-refractivity contribution in [3.05, 3.63) is 53.3 Å². The molecule has 0 N–H and O–H groups in total. The van der Waals surface area contributed by atoms with Crippen LogP contribution < -0.4 is 4.74 Å². The minimum absolute atomic E-state index is 0.0624. The molecule has 104 valence electrons. The summed E-state index contributed by atoms with van der Waals surface area (Å²) < 4.78 is 44.1. The maximum absolute atomic E-state index is 13.0. The minimum atomic E-state index is -4.61. The summed E-state index contributed by atoms with van der Waals surface area (Å²) >= 11 is 0. The summed E-state index contributed by atoms with van der Waals surface area (Å²) in [4.78, 5) is 14.5. The number of carbonyl (C=O) groups is 1. The number of benzene rings is 1. The molecular weight excluding hydrogens is 271 g/mol. The van der Waals surface area contributed by atoms with Crippen LogP contribution >= 0.6 is 0 Å². The molecule has 3 nitrogen and oxygen atoms in total. The third-order valence-electron chi connectivity index (χ3n) is 2.62. The lowest BCUT2D eigenvalue weighted by atomic mass is 10.1. The molecule has 6 heteroatoms. The van der Waals surface area contributed by atoms with E-state index < -0.39 is 11.7 Å². The van der Waals surface area contributed by atoms with E-state index in [2.05, 4.69) is 4.98 Å². The van der Waals surface area contributed by atoms with Crippen molar-refractivity contribution in [3.8, 4) is 11.5 Å². The number of ether oxygens (including phenoxy) is 1. The Morgan fingerprint density at radius 3 is 2.55 bits per heavy atom. The van der Waals surface area contributed by atoms with Crippen molar-refractivity contribution in [1.82, 2.24) is 4.98 Å². The lowest BCUT2D eigenvalue weighted by Gasteiger charge is -2.14. The van der Waals surface area contributed by atoms with Crippen molar-refractivity contribution < 1.29 is 22.7 Å². The molecule has 2 aromatic rings. The van der Waals surface area contributed by atoms with Crippen LogP contribution in [-0.4, -0.2) is 11.3 Å². The number of rotatable bonds is 3. The molecule has 0 unspecified atom stereocenters. The Morgan fingerprint density at radius 1 is 1.20 bits per heavy atom. The number of carbonyl (C=O) groups excluding carboxylic acids is 1. The highest BCUT2D eigenvalue weighted by Crippen LogP contribution is 2.38. The number of hydrogen-bond acceptors (Lipinski definition) is 3. The van der Waals surface area contributed by atoms with Crippen molar-refractivity contribution >= 4 is 6.29 Å². The van der Waals surface area contributed by atoms with Gasteiger partial charge in [0, 0.05) is 11.8 Å². The summed E-state index contributed by atoms with van der Waals surface area (Å²) in [5, 5.41) is 0. The fourth-order valence-electron chi connectivity index (χ4n) is 1.63. The molecule has 0 aliphatic heterocycles. The largest absolute Gasteiger partial charge is 0.455 e. The van der Waals surface area contributed by atoms with Crippen LogP contribution in [-0.2, 0) is 6.18 Å². The first-order valence-electron chi connectivity index (χ1n) is 5.67. The van der Waals surface area contributed by atoms with E-state index in [1.54, 1.807) is 13.0 Å². The highest BCUT2D eigenvalue weighted by Gasteiger charge is 2.35. The van der Waals surface area contributed by atoms with Crippen molar-refractivity contribution in [2.75, 3.05) is 0 Å². The minimum Gasteiger partial charge on any atom is -0.455 e. The summed E-state index contributed by atoms with van der Waals surface area (Å²) in [5.41, 5.74) is -0.585. The molecule has 0 amide bonds. The summed E-state index contributed by atoms with van der Waals surface area (Å²) in [5.74, 6) is -0.129. The van der Waals surface area contributed by atoms with Crippen LogP contribution in [0.5, 0.6) is 11.5 Å². The van der Waals surface area contributed by atoms with Gasteiger partial charge in [-0.2, -0.15) is 13.2 Å². The lowest BCUT2D eigenvalue weighted by molar-refractivity contribution is -0.138. The summed E-state index contributed by atoms with van der Waals surface area (Å²) in [6, 6.07) is 6.24. The normalized spacial score (nSPS) is 11.2. The second-order valence-electron chi connectivity index (χ2n) is 4.06. The van der Waals surface area contributed by atoms with Gasteiger partial charge in [0.2, 0.25) is 0 Å². The molecule has 0 radical (unpaired) electrons. The Bertz CT molecular complexity index is 639. The molecule has 0 aliphatic carbocycles. The van der Waals surface area contributed by atoms with Gasteiger partial charge in [-0.3, -0.25) is 9.78 Å². The van der Waals surface area contributed by atoms with Gasteiger partial charge in [-0.15, -0.1) is 0 Å². The van der Waals surface area contributed by atoms with Crippen LogP contribution in [0.3, 0.4) is 0 Å². The number of hydrogen-bond donors (Lipinski definition) is 0. The van der Waals surface area contributed by atoms with Gasteiger partial charge in [0.05, 0.1) is 11.3 Å². The lowest BCUT2D eigenvalue weighted by Crippen LogP contribution is -2.08. The van der Waals surface area contributed by atoms with E-state index >= 15 is 0 Å².